The number of nitrogens with one attached hydrogen (secondary N) is 2. The molecular weight excluding hydrogens is 350 g/mol. The molecule has 0 heterocycles. The molecule has 0 aromatic heterocycles. The van der Waals surface area contributed by atoms with Gasteiger partial charge in [0.05, 0.1) is 17.0 Å². The lowest BCUT2D eigenvalue weighted by Gasteiger charge is -2.16. The van der Waals surface area contributed by atoms with E-state index < -0.39 is 10.0 Å². The molecular formula is C19H21N3O3S. The Morgan fingerprint density at radius 3 is 2.42 bits per heavy atom. The highest BCUT2D eigenvalue weighted by Gasteiger charge is 2.16. The second-order valence-electron chi connectivity index (χ2n) is 5.88. The third kappa shape index (κ3) is 4.91. The fraction of sp³-hybridized carbons (Fsp3) is 0.263. The smallest absolute Gasteiger partial charge is 0.251 e. The second kappa shape index (κ2) is 8.61. The SMILES string of the molecule is Cc1ccccc1C(C)NC(=O)c1ccc(S(=O)(=O)NCCC#N)cc1. The summed E-state index contributed by atoms with van der Waals surface area (Å²) in [6, 6.07) is 15.2. The van der Waals surface area contributed by atoms with Gasteiger partial charge in [0.2, 0.25) is 10.0 Å². The maximum absolute atomic E-state index is 12.4. The van der Waals surface area contributed by atoms with Crippen LogP contribution in [0.1, 0.15) is 40.9 Å². The number of rotatable bonds is 7. The molecule has 2 aromatic rings. The summed E-state index contributed by atoms with van der Waals surface area (Å²) < 4.78 is 26.5. The van der Waals surface area contributed by atoms with Crippen LogP contribution >= 0.6 is 0 Å². The first-order valence-corrected chi connectivity index (χ1v) is 9.66. The normalized spacial score (nSPS) is 12.2. The van der Waals surface area contributed by atoms with E-state index in [2.05, 4.69) is 10.0 Å². The number of aryl methyl sites for hydroxylation is 1. The van der Waals surface area contributed by atoms with Crippen LogP contribution in [0, 0.1) is 18.3 Å². The first-order chi connectivity index (χ1) is 12.3. The molecule has 1 atom stereocenters. The van der Waals surface area contributed by atoms with Crippen LogP contribution in [0.2, 0.25) is 0 Å². The quantitative estimate of drug-likeness (QED) is 0.731. The van der Waals surface area contributed by atoms with Crippen molar-refractivity contribution in [3.05, 3.63) is 65.2 Å². The van der Waals surface area contributed by atoms with Crippen molar-refractivity contribution >= 4 is 15.9 Å². The van der Waals surface area contributed by atoms with Crippen molar-refractivity contribution in [2.75, 3.05) is 6.54 Å². The summed E-state index contributed by atoms with van der Waals surface area (Å²) >= 11 is 0. The van der Waals surface area contributed by atoms with Gasteiger partial charge < -0.3 is 5.32 Å². The minimum Gasteiger partial charge on any atom is -0.346 e. The van der Waals surface area contributed by atoms with Gasteiger partial charge in [-0.2, -0.15) is 5.26 Å². The lowest BCUT2D eigenvalue weighted by atomic mass is 10.0. The maximum Gasteiger partial charge on any atom is 0.251 e. The van der Waals surface area contributed by atoms with Crippen molar-refractivity contribution < 1.29 is 13.2 Å². The third-order valence-electron chi connectivity index (χ3n) is 3.96. The van der Waals surface area contributed by atoms with Crippen molar-refractivity contribution in [1.29, 1.82) is 5.26 Å². The van der Waals surface area contributed by atoms with Gasteiger partial charge in [-0.25, -0.2) is 13.1 Å². The van der Waals surface area contributed by atoms with Crippen LogP contribution in [0.15, 0.2) is 53.4 Å². The molecule has 2 N–H and O–H groups in total. The molecule has 0 saturated carbocycles. The van der Waals surface area contributed by atoms with Gasteiger partial charge in [0.1, 0.15) is 0 Å². The Kier molecular flexibility index (Phi) is 6.50. The van der Waals surface area contributed by atoms with E-state index >= 15 is 0 Å². The zero-order valence-corrected chi connectivity index (χ0v) is 15.5. The molecule has 2 aromatic carbocycles. The molecule has 0 aliphatic rings. The Hall–Kier alpha value is -2.69. The second-order valence-corrected chi connectivity index (χ2v) is 7.65. The van der Waals surface area contributed by atoms with E-state index in [1.54, 1.807) is 0 Å². The zero-order valence-electron chi connectivity index (χ0n) is 14.7. The van der Waals surface area contributed by atoms with Crippen LogP contribution in [0.4, 0.5) is 0 Å². The van der Waals surface area contributed by atoms with E-state index in [4.69, 9.17) is 5.26 Å². The summed E-state index contributed by atoms with van der Waals surface area (Å²) in [7, 11) is -3.68. The van der Waals surface area contributed by atoms with Crippen molar-refractivity contribution in [1.82, 2.24) is 10.0 Å². The molecule has 0 aliphatic heterocycles. The zero-order chi connectivity index (χ0) is 19.2. The molecule has 0 saturated heterocycles. The minimum atomic E-state index is -3.68. The molecule has 26 heavy (non-hydrogen) atoms. The molecule has 2 rings (SSSR count). The van der Waals surface area contributed by atoms with Gasteiger partial charge in [0.25, 0.3) is 5.91 Å². The average molecular weight is 371 g/mol. The lowest BCUT2D eigenvalue weighted by molar-refractivity contribution is 0.0939. The first-order valence-electron chi connectivity index (χ1n) is 8.18. The van der Waals surface area contributed by atoms with Gasteiger partial charge in [-0.1, -0.05) is 24.3 Å². The van der Waals surface area contributed by atoms with E-state index in [1.807, 2.05) is 44.2 Å². The molecule has 0 spiro atoms. The lowest BCUT2D eigenvalue weighted by Crippen LogP contribution is -2.27. The Balaban J connectivity index is 2.07. The largest absolute Gasteiger partial charge is 0.346 e. The summed E-state index contributed by atoms with van der Waals surface area (Å²) in [5.41, 5.74) is 2.49. The minimum absolute atomic E-state index is 0.0506. The van der Waals surface area contributed by atoms with Crippen LogP contribution in [-0.4, -0.2) is 20.9 Å². The highest BCUT2D eigenvalue weighted by atomic mass is 32.2. The van der Waals surface area contributed by atoms with E-state index in [0.29, 0.717) is 5.56 Å². The number of sulfonamides is 1. The van der Waals surface area contributed by atoms with E-state index in [1.165, 1.54) is 24.3 Å². The first kappa shape index (κ1) is 19.6. The fourth-order valence-corrected chi connectivity index (χ4v) is 3.57. The Morgan fingerprint density at radius 1 is 1.15 bits per heavy atom. The standard InChI is InChI=1S/C19H21N3O3S/c1-14-6-3-4-7-18(14)15(2)22-19(23)16-8-10-17(11-9-16)26(24,25)21-13-5-12-20/h3-4,6-11,15,21H,5,13H2,1-2H3,(H,22,23). The summed E-state index contributed by atoms with van der Waals surface area (Å²) in [5, 5.41) is 11.4. The average Bonchev–Trinajstić information content (AvgIpc) is 2.62. The number of hydrogen-bond donors (Lipinski definition) is 2. The highest BCUT2D eigenvalue weighted by molar-refractivity contribution is 7.89. The van der Waals surface area contributed by atoms with Crippen LogP contribution < -0.4 is 10.0 Å². The summed E-state index contributed by atoms with van der Waals surface area (Å²) in [5.74, 6) is -0.276. The number of carbonyl (C=O) groups is 1. The van der Waals surface area contributed by atoms with E-state index in [9.17, 15) is 13.2 Å². The van der Waals surface area contributed by atoms with Gasteiger partial charge in [0, 0.05) is 18.5 Å². The summed E-state index contributed by atoms with van der Waals surface area (Å²) in [6.45, 7) is 3.93. The third-order valence-corrected chi connectivity index (χ3v) is 5.44. The van der Waals surface area contributed by atoms with Gasteiger partial charge in [-0.15, -0.1) is 0 Å². The van der Waals surface area contributed by atoms with Gasteiger partial charge in [-0.05, 0) is 49.2 Å². The number of nitrogens with zero attached hydrogens (tertiary/aromatic N) is 1. The Labute approximate surface area is 153 Å². The monoisotopic (exact) mass is 371 g/mol. The van der Waals surface area contributed by atoms with Crippen molar-refractivity contribution in [3.63, 3.8) is 0 Å². The molecule has 7 heteroatoms. The van der Waals surface area contributed by atoms with Crippen molar-refractivity contribution in [3.8, 4) is 6.07 Å². The highest BCUT2D eigenvalue weighted by Crippen LogP contribution is 2.18. The molecule has 6 nitrogen and oxygen atoms in total. The molecule has 0 bridgehead atoms. The van der Waals surface area contributed by atoms with Crippen LogP contribution in [0.3, 0.4) is 0 Å². The van der Waals surface area contributed by atoms with Crippen LogP contribution in [-0.2, 0) is 10.0 Å². The van der Waals surface area contributed by atoms with E-state index in [0.717, 1.165) is 11.1 Å². The molecule has 136 valence electrons. The summed E-state index contributed by atoms with van der Waals surface area (Å²) in [6.07, 6.45) is 0.0938. The summed E-state index contributed by atoms with van der Waals surface area (Å²) in [4.78, 5) is 12.5. The Morgan fingerprint density at radius 2 is 1.81 bits per heavy atom. The Bertz CT molecular complexity index is 916. The molecule has 0 radical (unpaired) electrons. The van der Waals surface area contributed by atoms with Gasteiger partial charge >= 0.3 is 0 Å². The van der Waals surface area contributed by atoms with E-state index in [-0.39, 0.29) is 29.8 Å². The molecule has 0 fully saturated rings. The topological polar surface area (TPSA) is 99.1 Å². The number of hydrogen-bond acceptors (Lipinski definition) is 4. The van der Waals surface area contributed by atoms with Gasteiger partial charge in [0.15, 0.2) is 0 Å². The maximum atomic E-state index is 12.4. The van der Waals surface area contributed by atoms with Crippen LogP contribution in [0.25, 0.3) is 0 Å². The molecule has 1 unspecified atom stereocenters. The number of nitriles is 1. The molecule has 0 aliphatic carbocycles. The molecule has 1 amide bonds. The van der Waals surface area contributed by atoms with Gasteiger partial charge in [-0.3, -0.25) is 4.79 Å². The number of benzene rings is 2. The predicted octanol–water partition coefficient (Wildman–Crippen LogP) is 2.68. The number of carbonyl (C=O) groups excluding carboxylic acids is 1. The number of amides is 1. The van der Waals surface area contributed by atoms with Crippen molar-refractivity contribution in [2.24, 2.45) is 0 Å². The fourth-order valence-electron chi connectivity index (χ4n) is 2.54. The predicted molar refractivity (Wildman–Crippen MR) is 98.9 cm³/mol. The van der Waals surface area contributed by atoms with Crippen molar-refractivity contribution in [2.45, 2.75) is 31.2 Å². The van der Waals surface area contributed by atoms with Crippen LogP contribution in [0.5, 0.6) is 0 Å².